The number of benzene rings is 2. The number of para-hydroxylation sites is 1. The molecule has 2 aromatic rings. The molecule has 40 heavy (non-hydrogen) atoms. The van der Waals surface area contributed by atoms with E-state index in [0.29, 0.717) is 55.9 Å². The van der Waals surface area contributed by atoms with Crippen molar-refractivity contribution in [2.75, 3.05) is 46.0 Å². The molecule has 0 radical (unpaired) electrons. The van der Waals surface area contributed by atoms with E-state index in [1.807, 2.05) is 31.2 Å². The quantitative estimate of drug-likeness (QED) is 0.492. The second kappa shape index (κ2) is 10.6. The zero-order chi connectivity index (χ0) is 28.9. The van der Waals surface area contributed by atoms with Gasteiger partial charge in [0.2, 0.25) is 5.54 Å². The van der Waals surface area contributed by atoms with Gasteiger partial charge in [0.05, 0.1) is 19.1 Å². The normalized spacial score (nSPS) is 28.4. The predicted octanol–water partition coefficient (Wildman–Crippen LogP) is 4.91. The van der Waals surface area contributed by atoms with Crippen LogP contribution in [-0.4, -0.2) is 68.4 Å². The third-order valence-electron chi connectivity index (χ3n) is 8.56. The number of aliphatic carboxylic acids is 1. The number of carboxylic acids is 1. The number of ketones is 1. The van der Waals surface area contributed by atoms with Gasteiger partial charge in [0.1, 0.15) is 36.7 Å². The number of piperidine rings is 1. The number of Topliss-reactive ketones (excluding diaryl/α,β-unsaturated/α-hetero) is 1. The summed E-state index contributed by atoms with van der Waals surface area (Å²) >= 11 is 7.22. The molecule has 0 saturated carbocycles. The monoisotopic (exact) mass is 571 g/mol. The Bertz CT molecular complexity index is 1320. The average Bonchev–Trinajstić information content (AvgIpc) is 3.04. The van der Waals surface area contributed by atoms with Gasteiger partial charge in [-0.15, -0.1) is 0 Å². The summed E-state index contributed by atoms with van der Waals surface area (Å²) in [7, 11) is 0. The predicted molar refractivity (Wildman–Crippen MR) is 154 cm³/mol. The smallest absolute Gasteiger partial charge is 0.367 e. The van der Waals surface area contributed by atoms with E-state index in [2.05, 4.69) is 32.2 Å². The summed E-state index contributed by atoms with van der Waals surface area (Å²) in [5.41, 5.74) is 1.53. The molecule has 0 amide bonds. The summed E-state index contributed by atoms with van der Waals surface area (Å²) in [6.07, 6.45) is -0.276. The van der Waals surface area contributed by atoms with E-state index < -0.39 is 23.5 Å². The minimum Gasteiger partial charge on any atom is -0.486 e. The highest BCUT2D eigenvalue weighted by molar-refractivity contribution is 6.33. The number of ether oxygens (including phenoxy) is 3. The molecule has 8 nitrogen and oxygen atoms in total. The average molecular weight is 572 g/mol. The van der Waals surface area contributed by atoms with Crippen molar-refractivity contribution in [2.45, 2.75) is 52.7 Å². The first kappa shape index (κ1) is 28.9. The number of carbonyl (C=O) groups is 2. The van der Waals surface area contributed by atoms with Gasteiger partial charge < -0.3 is 24.6 Å². The number of nitrogens with zero attached hydrogens (tertiary/aromatic N) is 1. The Labute approximate surface area is 241 Å². The van der Waals surface area contributed by atoms with Crippen LogP contribution in [0.1, 0.15) is 56.9 Å². The van der Waals surface area contributed by atoms with E-state index in [9.17, 15) is 14.7 Å². The highest BCUT2D eigenvalue weighted by Gasteiger charge is 2.67. The van der Waals surface area contributed by atoms with Crippen LogP contribution in [0.15, 0.2) is 30.3 Å². The summed E-state index contributed by atoms with van der Waals surface area (Å²) in [6, 6.07) is 9.72. The zero-order valence-corrected chi connectivity index (χ0v) is 24.8. The first-order valence-corrected chi connectivity index (χ1v) is 14.4. The molecule has 0 aliphatic carbocycles. The molecule has 1 unspecified atom stereocenters. The summed E-state index contributed by atoms with van der Waals surface area (Å²) in [6.45, 7) is 12.6. The summed E-state index contributed by atoms with van der Waals surface area (Å²) in [5, 5.41) is 15.0. The van der Waals surface area contributed by atoms with Crippen LogP contribution >= 0.6 is 11.6 Å². The third kappa shape index (κ3) is 4.69. The van der Waals surface area contributed by atoms with Crippen molar-refractivity contribution in [3.63, 3.8) is 0 Å². The van der Waals surface area contributed by atoms with Gasteiger partial charge in [-0.1, -0.05) is 44.5 Å². The van der Waals surface area contributed by atoms with Gasteiger partial charge in [0.25, 0.3) is 0 Å². The second-order valence-electron chi connectivity index (χ2n) is 12.6. The molecule has 2 aromatic carbocycles. The van der Waals surface area contributed by atoms with Crippen molar-refractivity contribution in [3.05, 3.63) is 52.0 Å². The molecule has 1 saturated heterocycles. The molecule has 0 spiro atoms. The Morgan fingerprint density at radius 2 is 1.90 bits per heavy atom. The fourth-order valence-electron chi connectivity index (χ4n) is 7.31. The maximum Gasteiger partial charge on any atom is 0.367 e. The SMILES string of the molecule is CC(=O)[C@H]1CNCC[C@]1(C(=O)O)[N@+]1(CC(C)(C)C)CCOC(c2cccc3c2OCCO3)c2cc(C)cc(Cl)c21. The van der Waals surface area contributed by atoms with Crippen molar-refractivity contribution >= 4 is 29.0 Å². The fraction of sp³-hybridized carbons (Fsp3) is 0.548. The Hall–Kier alpha value is -2.65. The van der Waals surface area contributed by atoms with Crippen LogP contribution in [0, 0.1) is 18.3 Å². The van der Waals surface area contributed by atoms with Crippen molar-refractivity contribution < 1.29 is 28.9 Å². The number of carboxylic acid groups (broad SMARTS) is 1. The van der Waals surface area contributed by atoms with Crippen LogP contribution < -0.4 is 19.3 Å². The van der Waals surface area contributed by atoms with Gasteiger partial charge in [-0.05, 0) is 37.6 Å². The number of quaternary nitrogens is 1. The maximum absolute atomic E-state index is 13.7. The summed E-state index contributed by atoms with van der Waals surface area (Å²) in [5.74, 6) is -0.577. The number of fused-ring (bicyclic) bond motifs is 2. The van der Waals surface area contributed by atoms with E-state index >= 15 is 0 Å². The number of hydrogen-bond donors (Lipinski definition) is 2. The minimum absolute atomic E-state index is 0.0229. The Morgan fingerprint density at radius 3 is 2.60 bits per heavy atom. The Balaban J connectivity index is 1.85. The number of hydrogen-bond acceptors (Lipinski definition) is 6. The first-order valence-electron chi connectivity index (χ1n) is 14.0. The van der Waals surface area contributed by atoms with Crippen LogP contribution in [0.2, 0.25) is 5.02 Å². The third-order valence-corrected chi connectivity index (χ3v) is 8.85. The molecular weight excluding hydrogens is 532 g/mol. The molecule has 5 rings (SSSR count). The molecule has 2 N–H and O–H groups in total. The number of carbonyl (C=O) groups excluding carboxylic acids is 1. The van der Waals surface area contributed by atoms with Crippen LogP contribution in [0.4, 0.5) is 5.69 Å². The molecule has 1 fully saturated rings. The van der Waals surface area contributed by atoms with E-state index in [0.717, 1.165) is 22.4 Å². The number of aryl methyl sites for hydroxylation is 1. The molecule has 3 aliphatic rings. The highest BCUT2D eigenvalue weighted by Crippen LogP contribution is 2.54. The molecule has 9 heteroatoms. The van der Waals surface area contributed by atoms with Gasteiger partial charge in [-0.25, -0.2) is 4.79 Å². The van der Waals surface area contributed by atoms with Crippen LogP contribution in [-0.2, 0) is 14.3 Å². The lowest BCUT2D eigenvalue weighted by atomic mass is 9.71. The fourth-order valence-corrected chi connectivity index (χ4v) is 7.75. The number of halogens is 1. The lowest BCUT2D eigenvalue weighted by molar-refractivity contribution is -0.162. The Kier molecular flexibility index (Phi) is 7.68. The second-order valence-corrected chi connectivity index (χ2v) is 13.0. The standard InChI is InChI=1S/C31H39ClN2O6/c1-19-15-22-26(24(32)16-19)34(18-30(3,4)5,31(29(36)37)9-10-33-17-23(31)20(2)35)11-12-39-27(22)21-7-6-8-25-28(21)40-14-13-38-25/h6-8,15-16,23,27,33H,9-14,17-18H2,1-5H3/p+1/t23-,27?,31+,34+/m1/s1. The van der Waals surface area contributed by atoms with Crippen LogP contribution in [0.5, 0.6) is 11.5 Å². The lowest BCUT2D eigenvalue weighted by Crippen LogP contribution is -2.78. The lowest BCUT2D eigenvalue weighted by Gasteiger charge is -2.56. The van der Waals surface area contributed by atoms with Gasteiger partial charge in [-0.2, -0.15) is 0 Å². The first-order chi connectivity index (χ1) is 18.9. The van der Waals surface area contributed by atoms with E-state index in [4.69, 9.17) is 25.8 Å². The largest absolute Gasteiger partial charge is 0.486 e. The topological polar surface area (TPSA) is 94.1 Å². The number of nitrogens with one attached hydrogen (secondary N) is 1. The highest BCUT2D eigenvalue weighted by atomic mass is 35.5. The molecule has 0 bridgehead atoms. The zero-order valence-electron chi connectivity index (χ0n) is 24.0. The minimum atomic E-state index is -1.44. The maximum atomic E-state index is 13.7. The van der Waals surface area contributed by atoms with Crippen molar-refractivity contribution in [1.82, 2.24) is 9.80 Å². The molecule has 3 heterocycles. The van der Waals surface area contributed by atoms with E-state index in [1.165, 1.54) is 6.92 Å². The van der Waals surface area contributed by atoms with E-state index in [1.54, 1.807) is 0 Å². The molecule has 4 atom stereocenters. The molecule has 0 aromatic heterocycles. The van der Waals surface area contributed by atoms with Gasteiger partial charge in [0, 0.05) is 36.1 Å². The summed E-state index contributed by atoms with van der Waals surface area (Å²) in [4.78, 5) is 27.0. The van der Waals surface area contributed by atoms with Gasteiger partial charge in [-0.3, -0.25) is 9.28 Å². The van der Waals surface area contributed by atoms with Crippen molar-refractivity contribution in [2.24, 2.45) is 11.3 Å². The van der Waals surface area contributed by atoms with E-state index in [-0.39, 0.29) is 28.7 Å². The Morgan fingerprint density at radius 1 is 1.15 bits per heavy atom. The van der Waals surface area contributed by atoms with Gasteiger partial charge in [0.15, 0.2) is 17.2 Å². The molecular formula is C31H40ClN2O6+. The van der Waals surface area contributed by atoms with Crippen LogP contribution in [0.3, 0.4) is 0 Å². The summed E-state index contributed by atoms with van der Waals surface area (Å²) < 4.78 is 18.7. The molecule has 216 valence electrons. The molecule has 3 aliphatic heterocycles. The van der Waals surface area contributed by atoms with Crippen molar-refractivity contribution in [1.29, 1.82) is 0 Å². The van der Waals surface area contributed by atoms with Crippen molar-refractivity contribution in [3.8, 4) is 11.5 Å². The van der Waals surface area contributed by atoms with Crippen LogP contribution in [0.25, 0.3) is 0 Å². The number of rotatable bonds is 5. The van der Waals surface area contributed by atoms with Gasteiger partial charge >= 0.3 is 5.97 Å².